The molecule has 106 valence electrons. The topological polar surface area (TPSA) is 39.1 Å². The van der Waals surface area contributed by atoms with Gasteiger partial charge in [0.2, 0.25) is 0 Å². The Kier molecular flexibility index (Phi) is 3.74. The van der Waals surface area contributed by atoms with Crippen LogP contribution in [0.2, 0.25) is 0 Å². The molecule has 0 spiro atoms. The molecule has 1 aromatic heterocycles. The van der Waals surface area contributed by atoms with Crippen LogP contribution in [0.1, 0.15) is 30.0 Å². The maximum atomic E-state index is 5.33. The number of imidazole rings is 1. The highest BCUT2D eigenvalue weighted by Gasteiger charge is 2.19. The minimum atomic E-state index is 0.550. The van der Waals surface area contributed by atoms with Gasteiger partial charge in [-0.1, -0.05) is 0 Å². The molecule has 4 heteroatoms. The second-order valence-corrected chi connectivity index (χ2v) is 5.39. The lowest BCUT2D eigenvalue weighted by Crippen LogP contribution is -2.29. The van der Waals surface area contributed by atoms with E-state index in [-0.39, 0.29) is 0 Å². The summed E-state index contributed by atoms with van der Waals surface area (Å²) in [5.41, 5.74) is 3.59. The minimum Gasteiger partial charge on any atom is -0.496 e. The first-order chi connectivity index (χ1) is 9.79. The molecule has 0 amide bonds. The molecule has 0 saturated carbocycles. The average molecular weight is 271 g/mol. The lowest BCUT2D eigenvalue weighted by atomic mass is 9.96. The van der Waals surface area contributed by atoms with E-state index >= 15 is 0 Å². The normalized spacial score (nSPS) is 19.0. The summed E-state index contributed by atoms with van der Waals surface area (Å²) >= 11 is 0. The summed E-state index contributed by atoms with van der Waals surface area (Å²) in [6.07, 6.45) is 6.37. The Morgan fingerprint density at radius 1 is 1.40 bits per heavy atom. The molecule has 0 bridgehead atoms. The van der Waals surface area contributed by atoms with Crippen LogP contribution in [0.3, 0.4) is 0 Å². The van der Waals surface area contributed by atoms with E-state index < -0.39 is 0 Å². The zero-order chi connectivity index (χ0) is 13.9. The number of methoxy groups -OCH3 is 1. The van der Waals surface area contributed by atoms with Gasteiger partial charge < -0.3 is 14.6 Å². The van der Waals surface area contributed by atoms with E-state index in [2.05, 4.69) is 33.9 Å². The fraction of sp³-hybridized carbons (Fsp3) is 0.438. The van der Waals surface area contributed by atoms with Gasteiger partial charge in [-0.15, -0.1) is 0 Å². The first-order valence-electron chi connectivity index (χ1n) is 7.17. The summed E-state index contributed by atoms with van der Waals surface area (Å²) in [4.78, 5) is 4.35. The van der Waals surface area contributed by atoms with Crippen molar-refractivity contribution in [1.82, 2.24) is 14.9 Å². The lowest BCUT2D eigenvalue weighted by Gasteiger charge is -2.24. The molecule has 2 heterocycles. The van der Waals surface area contributed by atoms with E-state index in [9.17, 15) is 0 Å². The molecule has 1 saturated heterocycles. The van der Waals surface area contributed by atoms with E-state index in [1.807, 2.05) is 18.6 Å². The van der Waals surface area contributed by atoms with Crippen molar-refractivity contribution in [2.75, 3.05) is 20.2 Å². The summed E-state index contributed by atoms with van der Waals surface area (Å²) in [7, 11) is 1.71. The Hall–Kier alpha value is -1.81. The third-order valence-corrected chi connectivity index (χ3v) is 4.04. The number of rotatable bonds is 3. The van der Waals surface area contributed by atoms with Gasteiger partial charge in [-0.2, -0.15) is 0 Å². The number of nitrogens with zero attached hydrogens (tertiary/aromatic N) is 2. The van der Waals surface area contributed by atoms with E-state index in [0.717, 1.165) is 30.1 Å². The Labute approximate surface area is 119 Å². The first-order valence-corrected chi connectivity index (χ1v) is 7.17. The Bertz CT molecular complexity index is 585. The number of benzene rings is 1. The van der Waals surface area contributed by atoms with Crippen LogP contribution in [-0.2, 0) is 0 Å². The van der Waals surface area contributed by atoms with E-state index in [0.29, 0.717) is 5.92 Å². The average Bonchev–Trinajstić information content (AvgIpc) is 2.97. The number of hydrogen-bond donors (Lipinski definition) is 1. The first kappa shape index (κ1) is 13.2. The third kappa shape index (κ3) is 2.43. The number of aromatic nitrogens is 2. The van der Waals surface area contributed by atoms with Gasteiger partial charge in [0, 0.05) is 30.0 Å². The second-order valence-electron chi connectivity index (χ2n) is 5.39. The largest absolute Gasteiger partial charge is 0.496 e. The van der Waals surface area contributed by atoms with Crippen molar-refractivity contribution in [3.8, 4) is 11.4 Å². The zero-order valence-corrected chi connectivity index (χ0v) is 12.1. The molecule has 0 radical (unpaired) electrons. The van der Waals surface area contributed by atoms with Gasteiger partial charge in [0.1, 0.15) is 5.75 Å². The van der Waals surface area contributed by atoms with Crippen molar-refractivity contribution in [3.05, 3.63) is 42.0 Å². The molecule has 1 aliphatic heterocycles. The van der Waals surface area contributed by atoms with Crippen molar-refractivity contribution < 1.29 is 4.74 Å². The molecule has 1 aliphatic rings. The molecule has 3 rings (SSSR count). The van der Waals surface area contributed by atoms with Gasteiger partial charge in [0.05, 0.1) is 13.4 Å². The predicted octanol–water partition coefficient (Wildman–Crippen LogP) is 2.66. The van der Waals surface area contributed by atoms with Crippen LogP contribution in [0.4, 0.5) is 0 Å². The van der Waals surface area contributed by atoms with Crippen LogP contribution in [0.25, 0.3) is 5.69 Å². The summed E-state index contributed by atoms with van der Waals surface area (Å²) in [6, 6.07) is 6.26. The molecule has 1 aromatic carbocycles. The Balaban J connectivity index is 1.94. The summed E-state index contributed by atoms with van der Waals surface area (Å²) in [5.74, 6) is 1.48. The molecule has 1 fully saturated rings. The van der Waals surface area contributed by atoms with Gasteiger partial charge in [0.15, 0.2) is 0 Å². The lowest BCUT2D eigenvalue weighted by molar-refractivity contribution is 0.411. The summed E-state index contributed by atoms with van der Waals surface area (Å²) in [6.45, 7) is 4.24. The van der Waals surface area contributed by atoms with Gasteiger partial charge in [-0.05, 0) is 50.1 Å². The monoisotopic (exact) mass is 271 g/mol. The predicted molar refractivity (Wildman–Crippen MR) is 79.7 cm³/mol. The molecular weight excluding hydrogens is 250 g/mol. The van der Waals surface area contributed by atoms with Crippen LogP contribution in [0, 0.1) is 6.92 Å². The Morgan fingerprint density at radius 3 is 3.00 bits per heavy atom. The Morgan fingerprint density at radius 2 is 2.30 bits per heavy atom. The van der Waals surface area contributed by atoms with Crippen LogP contribution in [0.5, 0.6) is 5.75 Å². The molecule has 2 aromatic rings. The van der Waals surface area contributed by atoms with E-state index in [4.69, 9.17) is 4.74 Å². The van der Waals surface area contributed by atoms with Crippen molar-refractivity contribution in [3.63, 3.8) is 0 Å². The fourth-order valence-corrected chi connectivity index (χ4v) is 2.94. The molecular formula is C16H21N3O. The minimum absolute atomic E-state index is 0.550. The standard InChI is InChI=1S/C16H21N3O/c1-12-8-14(5-6-16(12)20-2)19-11-18-10-15(19)13-4-3-7-17-9-13/h5-6,8,10-11,13,17H,3-4,7,9H2,1-2H3. The molecule has 1 N–H and O–H groups in total. The summed E-state index contributed by atoms with van der Waals surface area (Å²) in [5, 5.41) is 3.47. The third-order valence-electron chi connectivity index (χ3n) is 4.04. The van der Waals surface area contributed by atoms with Gasteiger partial charge >= 0.3 is 0 Å². The number of piperidine rings is 1. The second kappa shape index (κ2) is 5.67. The molecule has 1 atom stereocenters. The number of aryl methyl sites for hydroxylation is 1. The smallest absolute Gasteiger partial charge is 0.121 e. The molecule has 20 heavy (non-hydrogen) atoms. The highest BCUT2D eigenvalue weighted by atomic mass is 16.5. The highest BCUT2D eigenvalue weighted by molar-refractivity contribution is 5.44. The SMILES string of the molecule is COc1ccc(-n2cncc2C2CCCNC2)cc1C. The van der Waals surface area contributed by atoms with Crippen molar-refractivity contribution in [2.24, 2.45) is 0 Å². The zero-order valence-electron chi connectivity index (χ0n) is 12.1. The molecule has 0 aliphatic carbocycles. The quantitative estimate of drug-likeness (QED) is 0.933. The molecule has 1 unspecified atom stereocenters. The molecule has 4 nitrogen and oxygen atoms in total. The van der Waals surface area contributed by atoms with Crippen LogP contribution < -0.4 is 10.1 Å². The van der Waals surface area contributed by atoms with Gasteiger partial charge in [-0.3, -0.25) is 0 Å². The van der Waals surface area contributed by atoms with Gasteiger partial charge in [0.25, 0.3) is 0 Å². The van der Waals surface area contributed by atoms with Crippen molar-refractivity contribution in [2.45, 2.75) is 25.7 Å². The summed E-state index contributed by atoms with van der Waals surface area (Å²) < 4.78 is 7.53. The van der Waals surface area contributed by atoms with Crippen molar-refractivity contribution >= 4 is 0 Å². The maximum Gasteiger partial charge on any atom is 0.121 e. The van der Waals surface area contributed by atoms with Crippen LogP contribution in [-0.4, -0.2) is 29.8 Å². The van der Waals surface area contributed by atoms with E-state index in [1.54, 1.807) is 7.11 Å². The number of nitrogens with one attached hydrogen (secondary N) is 1. The number of hydrogen-bond acceptors (Lipinski definition) is 3. The van der Waals surface area contributed by atoms with Gasteiger partial charge in [-0.25, -0.2) is 4.98 Å². The van der Waals surface area contributed by atoms with Crippen LogP contribution in [0.15, 0.2) is 30.7 Å². The fourth-order valence-electron chi connectivity index (χ4n) is 2.94. The highest BCUT2D eigenvalue weighted by Crippen LogP contribution is 2.27. The van der Waals surface area contributed by atoms with Crippen LogP contribution >= 0.6 is 0 Å². The number of ether oxygens (including phenoxy) is 1. The van der Waals surface area contributed by atoms with E-state index in [1.165, 1.54) is 18.5 Å². The van der Waals surface area contributed by atoms with Crippen molar-refractivity contribution in [1.29, 1.82) is 0 Å². The maximum absolute atomic E-state index is 5.33.